The summed E-state index contributed by atoms with van der Waals surface area (Å²) in [6, 6.07) is 19.8. The highest BCUT2D eigenvalue weighted by molar-refractivity contribution is 8.03. The van der Waals surface area contributed by atoms with Crippen LogP contribution >= 0.6 is 23.1 Å². The van der Waals surface area contributed by atoms with E-state index in [1.165, 1.54) is 30.0 Å². The molecule has 0 saturated heterocycles. The SMILES string of the molecule is CC(=O)C1=C(C)NC(SCC(=O)c2ccc3ccccc3c2)=C(C#N)C1c1cccs1. The van der Waals surface area contributed by atoms with Crippen LogP contribution in [0.4, 0.5) is 0 Å². The molecule has 3 aromatic rings. The zero-order valence-electron chi connectivity index (χ0n) is 17.1. The number of fused-ring (bicyclic) bond motifs is 1. The Bertz CT molecular complexity index is 1280. The van der Waals surface area contributed by atoms with Crippen LogP contribution in [0.3, 0.4) is 0 Å². The molecule has 31 heavy (non-hydrogen) atoms. The molecule has 154 valence electrons. The van der Waals surface area contributed by atoms with Gasteiger partial charge in [0.25, 0.3) is 0 Å². The van der Waals surface area contributed by atoms with E-state index in [0.717, 1.165) is 21.3 Å². The fraction of sp³-hybridized carbons (Fsp3) is 0.160. The molecule has 6 heteroatoms. The summed E-state index contributed by atoms with van der Waals surface area (Å²) in [6.45, 7) is 3.37. The van der Waals surface area contributed by atoms with Crippen LogP contribution in [0.15, 0.2) is 81.8 Å². The average molecular weight is 445 g/mol. The van der Waals surface area contributed by atoms with Gasteiger partial charge < -0.3 is 5.32 Å². The van der Waals surface area contributed by atoms with Crippen molar-refractivity contribution < 1.29 is 9.59 Å². The Morgan fingerprint density at radius 3 is 2.58 bits per heavy atom. The first-order valence-electron chi connectivity index (χ1n) is 9.80. The number of carbonyl (C=O) groups excluding carboxylic acids is 2. The fourth-order valence-corrected chi connectivity index (χ4v) is 5.65. The number of thioether (sulfide) groups is 1. The maximum Gasteiger partial charge on any atom is 0.173 e. The summed E-state index contributed by atoms with van der Waals surface area (Å²) < 4.78 is 0. The number of hydrogen-bond acceptors (Lipinski definition) is 6. The van der Waals surface area contributed by atoms with Crippen LogP contribution < -0.4 is 5.32 Å². The van der Waals surface area contributed by atoms with Crippen molar-refractivity contribution in [2.24, 2.45) is 0 Å². The standard InChI is InChI=1S/C25H20N2O2S2/c1-15-23(16(2)28)24(22-8-5-11-30-22)20(13-26)25(27-15)31-14-21(29)19-10-9-17-6-3-4-7-18(17)12-19/h3-12,24,27H,14H2,1-2H3. The summed E-state index contributed by atoms with van der Waals surface area (Å²) in [5.74, 6) is -0.269. The number of carbonyl (C=O) groups is 2. The number of benzene rings is 2. The Hall–Kier alpha value is -3.14. The van der Waals surface area contributed by atoms with Crippen molar-refractivity contribution >= 4 is 45.4 Å². The van der Waals surface area contributed by atoms with Crippen LogP contribution in [-0.2, 0) is 4.79 Å². The Kier molecular flexibility index (Phi) is 6.08. The van der Waals surface area contributed by atoms with E-state index < -0.39 is 5.92 Å². The van der Waals surface area contributed by atoms with Crippen molar-refractivity contribution in [2.75, 3.05) is 5.75 Å². The predicted molar refractivity (Wildman–Crippen MR) is 127 cm³/mol. The summed E-state index contributed by atoms with van der Waals surface area (Å²) in [4.78, 5) is 26.2. The molecule has 4 rings (SSSR count). The quantitative estimate of drug-likeness (QED) is 0.487. The van der Waals surface area contributed by atoms with E-state index in [2.05, 4.69) is 11.4 Å². The van der Waals surface area contributed by atoms with Gasteiger partial charge in [0.1, 0.15) is 0 Å². The van der Waals surface area contributed by atoms with Gasteiger partial charge in [0, 0.05) is 21.7 Å². The minimum atomic E-state index is -0.401. The van der Waals surface area contributed by atoms with Gasteiger partial charge in [-0.15, -0.1) is 11.3 Å². The predicted octanol–water partition coefficient (Wildman–Crippen LogP) is 5.80. The van der Waals surface area contributed by atoms with Gasteiger partial charge >= 0.3 is 0 Å². The van der Waals surface area contributed by atoms with Gasteiger partial charge in [0.05, 0.1) is 28.3 Å². The van der Waals surface area contributed by atoms with Crippen LogP contribution in [0.2, 0.25) is 0 Å². The molecule has 1 aromatic heterocycles. The van der Waals surface area contributed by atoms with Crippen LogP contribution in [0.5, 0.6) is 0 Å². The van der Waals surface area contributed by atoms with Crippen molar-refractivity contribution in [1.29, 1.82) is 5.26 Å². The molecule has 4 nitrogen and oxygen atoms in total. The summed E-state index contributed by atoms with van der Waals surface area (Å²) in [7, 11) is 0. The Morgan fingerprint density at radius 2 is 1.90 bits per heavy atom. The van der Waals surface area contributed by atoms with Crippen LogP contribution in [0, 0.1) is 11.3 Å². The highest BCUT2D eigenvalue weighted by atomic mass is 32.2. The molecule has 0 amide bonds. The lowest BCUT2D eigenvalue weighted by atomic mass is 9.85. The first-order chi connectivity index (χ1) is 15.0. The van der Waals surface area contributed by atoms with E-state index in [4.69, 9.17) is 0 Å². The van der Waals surface area contributed by atoms with Crippen LogP contribution in [0.25, 0.3) is 10.8 Å². The van der Waals surface area contributed by atoms with Crippen LogP contribution in [0.1, 0.15) is 35.0 Å². The lowest BCUT2D eigenvalue weighted by molar-refractivity contribution is -0.113. The molecular formula is C25H20N2O2S2. The van der Waals surface area contributed by atoms with E-state index in [0.29, 0.717) is 21.7 Å². The number of allylic oxidation sites excluding steroid dienone is 3. The zero-order chi connectivity index (χ0) is 22.0. The minimum absolute atomic E-state index is 0.00554. The molecule has 2 aromatic carbocycles. The van der Waals surface area contributed by atoms with E-state index in [-0.39, 0.29) is 17.3 Å². The second-order valence-corrected chi connectivity index (χ2v) is 9.26. The maximum atomic E-state index is 12.9. The van der Waals surface area contributed by atoms with Gasteiger partial charge in [-0.25, -0.2) is 0 Å². The molecule has 0 saturated carbocycles. The smallest absolute Gasteiger partial charge is 0.173 e. The summed E-state index contributed by atoms with van der Waals surface area (Å²) in [5.41, 5.74) is 2.46. The second kappa shape index (κ2) is 8.93. The number of dihydropyridines is 1. The minimum Gasteiger partial charge on any atom is -0.353 e. The molecule has 2 heterocycles. The van der Waals surface area contributed by atoms with Crippen molar-refractivity contribution in [1.82, 2.24) is 5.32 Å². The van der Waals surface area contributed by atoms with E-state index in [1.54, 1.807) is 0 Å². The number of hydrogen-bond donors (Lipinski definition) is 1. The topological polar surface area (TPSA) is 70.0 Å². The molecule has 1 N–H and O–H groups in total. The average Bonchev–Trinajstić information content (AvgIpc) is 3.30. The van der Waals surface area contributed by atoms with E-state index >= 15 is 0 Å². The highest BCUT2D eigenvalue weighted by Crippen LogP contribution is 2.42. The highest BCUT2D eigenvalue weighted by Gasteiger charge is 2.33. The van der Waals surface area contributed by atoms with Crippen molar-refractivity contribution in [3.05, 3.63) is 92.3 Å². The number of nitriles is 1. The first kappa shape index (κ1) is 21.1. The fourth-order valence-electron chi connectivity index (χ4n) is 3.82. The van der Waals surface area contributed by atoms with Gasteiger partial charge in [0.15, 0.2) is 11.6 Å². The number of nitrogens with one attached hydrogen (secondary N) is 1. The van der Waals surface area contributed by atoms with Gasteiger partial charge in [0.2, 0.25) is 0 Å². The number of rotatable bonds is 6. The van der Waals surface area contributed by atoms with Gasteiger partial charge in [-0.05, 0) is 42.1 Å². The van der Waals surface area contributed by atoms with Gasteiger partial charge in [-0.2, -0.15) is 5.26 Å². The first-order valence-corrected chi connectivity index (χ1v) is 11.7. The summed E-state index contributed by atoms with van der Waals surface area (Å²) in [5, 5.41) is 17.8. The van der Waals surface area contributed by atoms with Crippen molar-refractivity contribution in [2.45, 2.75) is 19.8 Å². The molecule has 0 radical (unpaired) electrons. The third-order valence-electron chi connectivity index (χ3n) is 5.27. The van der Waals surface area contributed by atoms with E-state index in [1.807, 2.05) is 66.9 Å². The van der Waals surface area contributed by atoms with Gasteiger partial charge in [-0.1, -0.05) is 54.2 Å². The largest absolute Gasteiger partial charge is 0.353 e. The molecule has 1 aliphatic rings. The monoisotopic (exact) mass is 444 g/mol. The lowest BCUT2D eigenvalue weighted by Gasteiger charge is -2.28. The Labute approximate surface area is 189 Å². The molecule has 1 aliphatic heterocycles. The zero-order valence-corrected chi connectivity index (χ0v) is 18.8. The summed E-state index contributed by atoms with van der Waals surface area (Å²) >= 11 is 2.83. The number of nitrogens with zero attached hydrogens (tertiary/aromatic N) is 1. The molecule has 1 atom stereocenters. The third kappa shape index (κ3) is 4.20. The van der Waals surface area contributed by atoms with Crippen LogP contribution in [-0.4, -0.2) is 17.3 Å². The summed E-state index contributed by atoms with van der Waals surface area (Å²) in [6.07, 6.45) is 0. The van der Waals surface area contributed by atoms with Crippen molar-refractivity contribution in [3.63, 3.8) is 0 Å². The molecular weight excluding hydrogens is 424 g/mol. The number of ketones is 2. The van der Waals surface area contributed by atoms with Gasteiger partial charge in [-0.3, -0.25) is 9.59 Å². The lowest BCUT2D eigenvalue weighted by Crippen LogP contribution is -2.27. The molecule has 1 unspecified atom stereocenters. The number of thiophene rings is 1. The van der Waals surface area contributed by atoms with E-state index in [9.17, 15) is 14.9 Å². The molecule has 0 bridgehead atoms. The van der Waals surface area contributed by atoms with Crippen molar-refractivity contribution in [3.8, 4) is 6.07 Å². The third-order valence-corrected chi connectivity index (χ3v) is 7.23. The maximum absolute atomic E-state index is 12.9. The number of Topliss-reactive ketones (excluding diaryl/α,β-unsaturated/α-hetero) is 2. The normalized spacial score (nSPS) is 16.2. The second-order valence-electron chi connectivity index (χ2n) is 7.30. The molecule has 0 aliphatic carbocycles. The molecule has 0 spiro atoms. The Morgan fingerprint density at radius 1 is 1.13 bits per heavy atom. The molecule has 0 fully saturated rings. The Balaban J connectivity index is 1.62.